The maximum atomic E-state index is 6.21. The van der Waals surface area contributed by atoms with Crippen LogP contribution in [0.5, 0.6) is 0 Å². The number of aryl methyl sites for hydroxylation is 1. The lowest BCUT2D eigenvalue weighted by molar-refractivity contribution is 0.410. The van der Waals surface area contributed by atoms with Crippen molar-refractivity contribution in [1.82, 2.24) is 10.3 Å². The summed E-state index contributed by atoms with van der Waals surface area (Å²) in [4.78, 5) is 8.70. The van der Waals surface area contributed by atoms with E-state index in [1.165, 1.54) is 0 Å². The topological polar surface area (TPSA) is 89.3 Å². The van der Waals surface area contributed by atoms with E-state index in [4.69, 9.17) is 11.5 Å². The zero-order chi connectivity index (χ0) is 12.8. The van der Waals surface area contributed by atoms with Gasteiger partial charge in [0.25, 0.3) is 0 Å². The normalized spacial score (nSPS) is 22.9. The predicted octanol–water partition coefficient (Wildman–Crippen LogP) is 1.15. The quantitative estimate of drug-likeness (QED) is 0.716. The van der Waals surface area contributed by atoms with Gasteiger partial charge in [-0.3, -0.25) is 5.73 Å². The third kappa shape index (κ3) is 1.75. The number of nitrogens with zero attached hydrogens (tertiary/aromatic N) is 2. The first-order valence-corrected chi connectivity index (χ1v) is 6.35. The van der Waals surface area contributed by atoms with Crippen LogP contribution in [0.1, 0.15) is 10.6 Å². The fourth-order valence-electron chi connectivity index (χ4n) is 1.95. The standard InChI is InChI=1S/C12H13N5S/c1-7-16-9-6-8(2-3-10(9)18-7)12(14)15-5-4-11(13)17-12/h2-6,15H,14H2,1H3,(H2,13,17). The molecule has 6 heteroatoms. The second kappa shape index (κ2) is 3.79. The van der Waals surface area contributed by atoms with E-state index >= 15 is 0 Å². The Morgan fingerprint density at radius 3 is 3.00 bits per heavy atom. The van der Waals surface area contributed by atoms with E-state index in [9.17, 15) is 0 Å². The van der Waals surface area contributed by atoms with Crippen LogP contribution in [0, 0.1) is 6.92 Å². The lowest BCUT2D eigenvalue weighted by Crippen LogP contribution is -2.49. The Morgan fingerprint density at radius 1 is 1.39 bits per heavy atom. The van der Waals surface area contributed by atoms with Gasteiger partial charge in [0.2, 0.25) is 5.79 Å². The Bertz CT molecular complexity index is 672. The molecule has 0 fully saturated rings. The van der Waals surface area contributed by atoms with Gasteiger partial charge in [0.15, 0.2) is 0 Å². The molecular formula is C12H13N5S. The van der Waals surface area contributed by atoms with Crippen molar-refractivity contribution in [3.63, 3.8) is 0 Å². The highest BCUT2D eigenvalue weighted by Gasteiger charge is 2.27. The molecule has 5 nitrogen and oxygen atoms in total. The number of benzene rings is 1. The fraction of sp³-hybridized carbons (Fsp3) is 0.167. The van der Waals surface area contributed by atoms with Crippen molar-refractivity contribution >= 4 is 27.4 Å². The van der Waals surface area contributed by atoms with Crippen LogP contribution in [0.3, 0.4) is 0 Å². The molecule has 92 valence electrons. The molecule has 2 heterocycles. The van der Waals surface area contributed by atoms with E-state index in [-0.39, 0.29) is 0 Å². The molecule has 2 aromatic rings. The third-order valence-corrected chi connectivity index (χ3v) is 3.75. The van der Waals surface area contributed by atoms with Crippen LogP contribution < -0.4 is 16.8 Å². The molecule has 1 aliphatic rings. The lowest BCUT2D eigenvalue weighted by Gasteiger charge is -2.28. The summed E-state index contributed by atoms with van der Waals surface area (Å²) in [7, 11) is 0. The van der Waals surface area contributed by atoms with Crippen molar-refractivity contribution in [2.45, 2.75) is 12.7 Å². The van der Waals surface area contributed by atoms with Crippen molar-refractivity contribution in [1.29, 1.82) is 0 Å². The second-order valence-electron chi connectivity index (χ2n) is 4.20. The summed E-state index contributed by atoms with van der Waals surface area (Å²) in [6.07, 6.45) is 3.38. The molecule has 0 amide bonds. The van der Waals surface area contributed by atoms with Crippen LogP contribution in [-0.2, 0) is 5.79 Å². The van der Waals surface area contributed by atoms with Crippen LogP contribution in [-0.4, -0.2) is 10.8 Å². The number of hydrogen-bond acceptors (Lipinski definition) is 6. The van der Waals surface area contributed by atoms with Gasteiger partial charge in [-0.2, -0.15) is 0 Å². The summed E-state index contributed by atoms with van der Waals surface area (Å²) in [5, 5.41) is 4.05. The predicted molar refractivity (Wildman–Crippen MR) is 74.1 cm³/mol. The maximum absolute atomic E-state index is 6.21. The Kier molecular flexibility index (Phi) is 2.36. The van der Waals surface area contributed by atoms with Crippen LogP contribution in [0.2, 0.25) is 0 Å². The van der Waals surface area contributed by atoms with Crippen LogP contribution in [0.15, 0.2) is 35.5 Å². The van der Waals surface area contributed by atoms with Gasteiger partial charge in [0, 0.05) is 11.8 Å². The van der Waals surface area contributed by atoms with Crippen molar-refractivity contribution in [2.24, 2.45) is 16.5 Å². The number of hydrogen-bond donors (Lipinski definition) is 3. The first-order chi connectivity index (χ1) is 8.57. The number of nitrogens with one attached hydrogen (secondary N) is 1. The average Bonchev–Trinajstić information content (AvgIpc) is 2.67. The second-order valence-corrected chi connectivity index (χ2v) is 5.43. The van der Waals surface area contributed by atoms with Crippen LogP contribution in [0.25, 0.3) is 10.2 Å². The number of nitrogens with two attached hydrogens (primary N) is 2. The molecule has 1 aromatic heterocycles. The first kappa shape index (κ1) is 11.2. The highest BCUT2D eigenvalue weighted by molar-refractivity contribution is 7.18. The molecule has 0 saturated heterocycles. The van der Waals surface area contributed by atoms with Crippen molar-refractivity contribution in [3.05, 3.63) is 41.0 Å². The zero-order valence-corrected chi connectivity index (χ0v) is 10.7. The van der Waals surface area contributed by atoms with E-state index in [2.05, 4.69) is 15.3 Å². The molecule has 0 spiro atoms. The van der Waals surface area contributed by atoms with E-state index in [1.54, 1.807) is 23.6 Å². The van der Waals surface area contributed by atoms with Gasteiger partial charge in [-0.15, -0.1) is 11.3 Å². The van der Waals surface area contributed by atoms with E-state index in [0.29, 0.717) is 5.84 Å². The number of amidine groups is 1. The Balaban J connectivity index is 2.11. The Labute approximate surface area is 108 Å². The monoisotopic (exact) mass is 259 g/mol. The van der Waals surface area contributed by atoms with Gasteiger partial charge < -0.3 is 11.1 Å². The van der Waals surface area contributed by atoms with E-state index in [1.807, 2.05) is 25.1 Å². The minimum atomic E-state index is -1.01. The molecule has 18 heavy (non-hydrogen) atoms. The molecule has 0 bridgehead atoms. The largest absolute Gasteiger partial charge is 0.384 e. The van der Waals surface area contributed by atoms with Crippen molar-refractivity contribution in [2.75, 3.05) is 0 Å². The Hall–Kier alpha value is -1.92. The first-order valence-electron chi connectivity index (χ1n) is 5.53. The number of thiazole rings is 1. The van der Waals surface area contributed by atoms with Gasteiger partial charge in [0.1, 0.15) is 5.84 Å². The molecule has 1 unspecified atom stereocenters. The number of fused-ring (bicyclic) bond motifs is 1. The highest BCUT2D eigenvalue weighted by atomic mass is 32.1. The van der Waals surface area contributed by atoms with Gasteiger partial charge >= 0.3 is 0 Å². The molecule has 0 aliphatic carbocycles. The number of aliphatic imine (C=N–C) groups is 1. The molecule has 5 N–H and O–H groups in total. The molecule has 0 saturated carbocycles. The van der Waals surface area contributed by atoms with Crippen molar-refractivity contribution in [3.8, 4) is 0 Å². The zero-order valence-electron chi connectivity index (χ0n) is 9.84. The Morgan fingerprint density at radius 2 is 2.22 bits per heavy atom. The molecule has 1 aromatic carbocycles. The number of rotatable bonds is 1. The summed E-state index contributed by atoms with van der Waals surface area (Å²) in [5.74, 6) is -0.601. The molecule has 0 radical (unpaired) electrons. The van der Waals surface area contributed by atoms with Gasteiger partial charge in [-0.25, -0.2) is 9.98 Å². The van der Waals surface area contributed by atoms with Crippen molar-refractivity contribution < 1.29 is 0 Å². The summed E-state index contributed by atoms with van der Waals surface area (Å²) in [6, 6.07) is 5.90. The van der Waals surface area contributed by atoms with Crippen LogP contribution in [0.4, 0.5) is 0 Å². The van der Waals surface area contributed by atoms with E-state index < -0.39 is 5.79 Å². The minimum absolute atomic E-state index is 0.408. The highest BCUT2D eigenvalue weighted by Crippen LogP contribution is 2.27. The number of aromatic nitrogens is 1. The van der Waals surface area contributed by atoms with Gasteiger partial charge in [-0.1, -0.05) is 6.07 Å². The van der Waals surface area contributed by atoms with E-state index in [0.717, 1.165) is 20.8 Å². The average molecular weight is 259 g/mol. The molecular weight excluding hydrogens is 246 g/mol. The lowest BCUT2D eigenvalue weighted by atomic mass is 10.1. The summed E-state index contributed by atoms with van der Waals surface area (Å²) < 4.78 is 1.14. The van der Waals surface area contributed by atoms with Crippen LogP contribution >= 0.6 is 11.3 Å². The molecule has 1 aliphatic heterocycles. The smallest absolute Gasteiger partial charge is 0.211 e. The molecule has 1 atom stereocenters. The SMILES string of the molecule is Cc1nc2cc(C3(N)N=C(N)C=CN3)ccc2s1. The maximum Gasteiger partial charge on any atom is 0.211 e. The third-order valence-electron chi connectivity index (χ3n) is 2.80. The minimum Gasteiger partial charge on any atom is -0.384 e. The summed E-state index contributed by atoms with van der Waals surface area (Å²) >= 11 is 1.66. The fourth-order valence-corrected chi connectivity index (χ4v) is 2.76. The van der Waals surface area contributed by atoms with Gasteiger partial charge in [-0.05, 0) is 25.1 Å². The van der Waals surface area contributed by atoms with Gasteiger partial charge in [0.05, 0.1) is 15.2 Å². The summed E-state index contributed by atoms with van der Waals surface area (Å²) in [5.41, 5.74) is 13.7. The summed E-state index contributed by atoms with van der Waals surface area (Å²) in [6.45, 7) is 1.99. The molecule has 3 rings (SSSR count).